The van der Waals surface area contributed by atoms with Gasteiger partial charge in [0.25, 0.3) is 0 Å². The van der Waals surface area contributed by atoms with E-state index in [1.54, 1.807) is 23.7 Å². The fourth-order valence-corrected chi connectivity index (χ4v) is 4.66. The molecule has 2 aromatic carbocycles. The number of azide groups is 1. The lowest BCUT2D eigenvalue weighted by Crippen LogP contribution is -2.47. The minimum absolute atomic E-state index is 0.0642. The summed E-state index contributed by atoms with van der Waals surface area (Å²) in [6.07, 6.45) is 2.38. The number of aromatic carboxylic acids is 1. The van der Waals surface area contributed by atoms with Gasteiger partial charge in [-0.1, -0.05) is 5.11 Å². The van der Waals surface area contributed by atoms with Crippen LogP contribution in [0, 0.1) is 5.82 Å². The summed E-state index contributed by atoms with van der Waals surface area (Å²) in [4.78, 5) is 30.7. The largest absolute Gasteiger partial charge is 0.490 e. The fourth-order valence-electron chi connectivity index (χ4n) is 4.11. The molecule has 0 unspecified atom stereocenters. The van der Waals surface area contributed by atoms with Crippen molar-refractivity contribution in [3.05, 3.63) is 74.9 Å². The first-order valence-electron chi connectivity index (χ1n) is 11.3. The maximum Gasteiger partial charge on any atom is 0.338 e. The van der Waals surface area contributed by atoms with Gasteiger partial charge in [0.2, 0.25) is 5.91 Å². The molecule has 192 valence electrons. The maximum atomic E-state index is 14.3. The molecule has 2 heterocycles. The topological polar surface area (TPSA) is 159 Å². The Hall–Kier alpha value is -4.19. The number of carboxylic acids is 1. The van der Waals surface area contributed by atoms with Crippen molar-refractivity contribution in [2.24, 2.45) is 5.11 Å². The molecule has 11 nitrogen and oxygen atoms in total. The number of nitrogens with zero attached hydrogens (tertiary/aromatic N) is 4. The summed E-state index contributed by atoms with van der Waals surface area (Å²) in [5.41, 5.74) is 9.02. The number of amides is 1. The number of hydrogen-bond acceptors (Lipinski definition) is 8. The third kappa shape index (κ3) is 6.15. The Balaban J connectivity index is 1.67. The number of rotatable bonds is 10. The van der Waals surface area contributed by atoms with E-state index in [1.165, 1.54) is 17.4 Å². The first-order valence-corrected chi connectivity index (χ1v) is 12.1. The van der Waals surface area contributed by atoms with Crippen molar-refractivity contribution in [2.45, 2.75) is 25.3 Å². The van der Waals surface area contributed by atoms with Crippen molar-refractivity contribution >= 4 is 28.3 Å². The van der Waals surface area contributed by atoms with Gasteiger partial charge in [-0.05, 0) is 54.3 Å². The van der Waals surface area contributed by atoms with Crippen molar-refractivity contribution in [3.8, 4) is 17.2 Å². The summed E-state index contributed by atoms with van der Waals surface area (Å²) in [6, 6.07) is 6.95. The predicted octanol–water partition coefficient (Wildman–Crippen LogP) is 4.85. The standard InChI is InChI=1S/C24H23FN6O5S/c1-24(13-21(32)30-23-27-7-9-37-23)17-12-20(36-15-2-3-16(22(33)34)18(25)11-15)19(35-8-6-29-31-26)10-14(17)4-5-28-24/h2-3,7,9-12,28H,4-6,8,13H2,1H3,(H,33,34)(H,27,30,32)/t24-/m1/s1. The zero-order valence-electron chi connectivity index (χ0n) is 19.7. The van der Waals surface area contributed by atoms with Gasteiger partial charge in [-0.3, -0.25) is 4.79 Å². The van der Waals surface area contributed by atoms with Gasteiger partial charge in [0.05, 0.1) is 18.7 Å². The maximum absolute atomic E-state index is 14.3. The summed E-state index contributed by atoms with van der Waals surface area (Å²) in [7, 11) is 0. The minimum atomic E-state index is -1.39. The van der Waals surface area contributed by atoms with Crippen LogP contribution in [0.25, 0.3) is 10.4 Å². The Morgan fingerprint density at radius 3 is 2.89 bits per heavy atom. The smallest absolute Gasteiger partial charge is 0.338 e. The van der Waals surface area contributed by atoms with Crippen LogP contribution >= 0.6 is 11.3 Å². The average Bonchev–Trinajstić information content (AvgIpc) is 3.35. The van der Waals surface area contributed by atoms with E-state index in [-0.39, 0.29) is 37.0 Å². The molecular formula is C24H23FN6O5S. The summed E-state index contributed by atoms with van der Waals surface area (Å²) in [6.45, 7) is 2.69. The highest BCUT2D eigenvalue weighted by molar-refractivity contribution is 7.13. The summed E-state index contributed by atoms with van der Waals surface area (Å²) < 4.78 is 26.0. The predicted molar refractivity (Wildman–Crippen MR) is 134 cm³/mol. The second kappa shape index (κ2) is 11.2. The van der Waals surface area contributed by atoms with Gasteiger partial charge >= 0.3 is 5.97 Å². The van der Waals surface area contributed by atoms with Gasteiger partial charge in [-0.2, -0.15) is 0 Å². The number of hydrogen-bond donors (Lipinski definition) is 3. The van der Waals surface area contributed by atoms with E-state index in [2.05, 4.69) is 25.6 Å². The highest BCUT2D eigenvalue weighted by Gasteiger charge is 2.35. The molecule has 4 rings (SSSR count). The molecule has 3 N–H and O–H groups in total. The van der Waals surface area contributed by atoms with Crippen molar-refractivity contribution in [3.63, 3.8) is 0 Å². The molecule has 37 heavy (non-hydrogen) atoms. The number of fused-ring (bicyclic) bond motifs is 1. The molecule has 0 saturated heterocycles. The van der Waals surface area contributed by atoms with E-state index in [1.807, 2.05) is 6.92 Å². The zero-order valence-corrected chi connectivity index (χ0v) is 20.5. The van der Waals surface area contributed by atoms with Gasteiger partial charge in [0.15, 0.2) is 16.6 Å². The van der Waals surface area contributed by atoms with Crippen LogP contribution in [0.5, 0.6) is 17.2 Å². The Morgan fingerprint density at radius 2 is 2.19 bits per heavy atom. The average molecular weight is 527 g/mol. The first-order chi connectivity index (χ1) is 17.8. The molecule has 1 aromatic heterocycles. The van der Waals surface area contributed by atoms with Crippen LogP contribution in [0.1, 0.15) is 34.8 Å². The second-order valence-electron chi connectivity index (χ2n) is 8.38. The number of carbonyl (C=O) groups is 2. The van der Waals surface area contributed by atoms with Crippen LogP contribution in [0.15, 0.2) is 47.0 Å². The number of halogens is 1. The van der Waals surface area contributed by atoms with Crippen LogP contribution in [-0.4, -0.2) is 41.7 Å². The molecular weight excluding hydrogens is 503 g/mol. The zero-order chi connectivity index (χ0) is 26.4. The van der Waals surface area contributed by atoms with Gasteiger partial charge < -0.3 is 25.2 Å². The van der Waals surface area contributed by atoms with Crippen LogP contribution in [0.2, 0.25) is 0 Å². The SMILES string of the molecule is C[C@]1(CC(=O)Nc2nccs2)NCCc2cc(OCCN=[N+]=[N-])c(Oc3ccc(C(=O)O)c(F)c3)cc21. The van der Waals surface area contributed by atoms with Crippen LogP contribution in [0.3, 0.4) is 0 Å². The highest BCUT2D eigenvalue weighted by atomic mass is 32.1. The molecule has 0 radical (unpaired) electrons. The lowest BCUT2D eigenvalue weighted by Gasteiger charge is -2.37. The van der Waals surface area contributed by atoms with Crippen LogP contribution in [-0.2, 0) is 16.8 Å². The third-order valence-corrected chi connectivity index (χ3v) is 6.47. The molecule has 0 bridgehead atoms. The van der Waals surface area contributed by atoms with Crippen LogP contribution < -0.4 is 20.1 Å². The molecule has 0 aliphatic carbocycles. The Kier molecular flexibility index (Phi) is 7.87. The molecule has 0 saturated carbocycles. The van der Waals surface area contributed by atoms with E-state index in [4.69, 9.17) is 20.1 Å². The Bertz CT molecular complexity index is 1360. The van der Waals surface area contributed by atoms with Crippen LogP contribution in [0.4, 0.5) is 9.52 Å². The lowest BCUT2D eigenvalue weighted by molar-refractivity contribution is -0.117. The van der Waals surface area contributed by atoms with Gasteiger partial charge in [-0.25, -0.2) is 14.2 Å². The van der Waals surface area contributed by atoms with E-state index < -0.39 is 22.9 Å². The Morgan fingerprint density at radius 1 is 1.35 bits per heavy atom. The number of carboxylic acid groups (broad SMARTS) is 1. The minimum Gasteiger partial charge on any atom is -0.490 e. The summed E-state index contributed by atoms with van der Waals surface area (Å²) in [5, 5.41) is 21.0. The molecule has 13 heteroatoms. The van der Waals surface area contributed by atoms with Gasteiger partial charge in [0.1, 0.15) is 11.6 Å². The second-order valence-corrected chi connectivity index (χ2v) is 9.27. The lowest BCUT2D eigenvalue weighted by atomic mass is 9.81. The van der Waals surface area contributed by atoms with Gasteiger partial charge in [-0.15, -0.1) is 11.3 Å². The van der Waals surface area contributed by atoms with E-state index in [0.29, 0.717) is 23.8 Å². The Labute approximate surface area is 214 Å². The normalized spacial score (nSPS) is 16.3. The molecule has 1 aliphatic rings. The number of aromatic nitrogens is 1. The highest BCUT2D eigenvalue weighted by Crippen LogP contribution is 2.41. The van der Waals surface area contributed by atoms with E-state index in [0.717, 1.165) is 23.3 Å². The van der Waals surface area contributed by atoms with Gasteiger partial charge in [0, 0.05) is 41.1 Å². The number of carbonyl (C=O) groups excluding carboxylic acids is 1. The van der Waals surface area contributed by atoms with Crippen molar-refractivity contribution in [2.75, 3.05) is 25.0 Å². The fraction of sp³-hybridized carbons (Fsp3) is 0.292. The molecule has 1 aliphatic heterocycles. The van der Waals surface area contributed by atoms with E-state index >= 15 is 0 Å². The monoisotopic (exact) mass is 526 g/mol. The van der Waals surface area contributed by atoms with Crippen molar-refractivity contribution in [1.29, 1.82) is 0 Å². The number of nitrogens with one attached hydrogen (secondary N) is 2. The number of thiazole rings is 1. The molecule has 3 aromatic rings. The molecule has 1 amide bonds. The molecule has 0 fully saturated rings. The number of anilines is 1. The van der Waals surface area contributed by atoms with Crippen molar-refractivity contribution in [1.82, 2.24) is 10.3 Å². The summed E-state index contributed by atoms with van der Waals surface area (Å²) >= 11 is 1.32. The quantitative estimate of drug-likeness (QED) is 0.147. The molecule has 0 spiro atoms. The van der Waals surface area contributed by atoms with Crippen molar-refractivity contribution < 1.29 is 28.6 Å². The van der Waals surface area contributed by atoms with E-state index in [9.17, 15) is 14.0 Å². The molecule has 1 atom stereocenters. The third-order valence-electron chi connectivity index (χ3n) is 5.78. The number of ether oxygens (including phenoxy) is 2. The number of benzene rings is 2. The first kappa shape index (κ1) is 25.9. The summed E-state index contributed by atoms with van der Waals surface area (Å²) in [5.74, 6) is -1.92.